The summed E-state index contributed by atoms with van der Waals surface area (Å²) in [5.41, 5.74) is 0.715. The fraction of sp³-hybridized carbons (Fsp3) is 0.600. The van der Waals surface area contributed by atoms with E-state index in [0.29, 0.717) is 27.6 Å². The number of aromatic nitrogens is 2. The van der Waals surface area contributed by atoms with Crippen LogP contribution in [0.15, 0.2) is 0 Å². The largest absolute Gasteiger partial charge is 0.373 e. The molecule has 1 unspecified atom stereocenters. The lowest BCUT2D eigenvalue weighted by molar-refractivity contribution is 0.0772. The molecule has 2 rings (SSSR count). The Morgan fingerprint density at radius 1 is 1.27 bits per heavy atom. The molecule has 1 saturated carbocycles. The quantitative estimate of drug-likeness (QED) is 0.769. The summed E-state index contributed by atoms with van der Waals surface area (Å²) in [5.74, 6) is 1.12. The molecule has 0 saturated heterocycles. The van der Waals surface area contributed by atoms with Crippen LogP contribution in [0.2, 0.25) is 10.3 Å². The van der Waals surface area contributed by atoms with Gasteiger partial charge in [-0.15, -0.1) is 0 Å². The third-order valence-corrected chi connectivity index (χ3v) is 3.34. The normalized spacial score (nSPS) is 17.9. The standard InChI is InChI=1S/C10H12Cl2N2O/c1-5-8(11)13-10(14-9(5)12)7(15-2)6-3-4-6/h6-7H,3-4H2,1-2H3. The Kier molecular flexibility index (Phi) is 3.14. The minimum atomic E-state index is -0.0689. The number of ether oxygens (including phenoxy) is 1. The van der Waals surface area contributed by atoms with Gasteiger partial charge in [0.15, 0.2) is 5.82 Å². The van der Waals surface area contributed by atoms with E-state index in [1.165, 1.54) is 0 Å². The van der Waals surface area contributed by atoms with E-state index in [1.54, 1.807) is 14.0 Å². The summed E-state index contributed by atoms with van der Waals surface area (Å²) in [5, 5.41) is 0.820. The highest BCUT2D eigenvalue weighted by Gasteiger charge is 2.34. The highest BCUT2D eigenvalue weighted by atomic mass is 35.5. The molecular formula is C10H12Cl2N2O. The van der Waals surface area contributed by atoms with E-state index in [-0.39, 0.29) is 6.10 Å². The van der Waals surface area contributed by atoms with Gasteiger partial charge in [0.2, 0.25) is 0 Å². The van der Waals surface area contributed by atoms with Crippen LogP contribution >= 0.6 is 23.2 Å². The Labute approximate surface area is 98.8 Å². The van der Waals surface area contributed by atoms with E-state index in [2.05, 4.69) is 9.97 Å². The minimum Gasteiger partial charge on any atom is -0.373 e. The van der Waals surface area contributed by atoms with Crippen LogP contribution in [0, 0.1) is 12.8 Å². The second-order valence-electron chi connectivity index (χ2n) is 3.78. The van der Waals surface area contributed by atoms with Gasteiger partial charge in [0.25, 0.3) is 0 Å². The number of halogens is 2. The Morgan fingerprint density at radius 2 is 1.80 bits per heavy atom. The van der Waals surface area contributed by atoms with Crippen molar-refractivity contribution in [1.29, 1.82) is 0 Å². The van der Waals surface area contributed by atoms with Crippen molar-refractivity contribution < 1.29 is 4.74 Å². The van der Waals surface area contributed by atoms with Crippen molar-refractivity contribution in [2.45, 2.75) is 25.9 Å². The van der Waals surface area contributed by atoms with Crippen molar-refractivity contribution in [2.24, 2.45) is 5.92 Å². The lowest BCUT2D eigenvalue weighted by Gasteiger charge is -2.13. The van der Waals surface area contributed by atoms with Gasteiger partial charge in [-0.05, 0) is 25.7 Å². The third kappa shape index (κ3) is 2.25. The van der Waals surface area contributed by atoms with E-state index in [9.17, 15) is 0 Å². The first-order chi connectivity index (χ1) is 7.13. The van der Waals surface area contributed by atoms with Gasteiger partial charge < -0.3 is 4.74 Å². The van der Waals surface area contributed by atoms with E-state index >= 15 is 0 Å². The van der Waals surface area contributed by atoms with Crippen molar-refractivity contribution in [3.63, 3.8) is 0 Å². The Hall–Kier alpha value is -0.380. The maximum Gasteiger partial charge on any atom is 0.160 e. The predicted octanol–water partition coefficient (Wildman–Crippen LogP) is 3.19. The molecule has 5 heteroatoms. The molecule has 82 valence electrons. The van der Waals surface area contributed by atoms with Crippen molar-refractivity contribution in [1.82, 2.24) is 9.97 Å². The summed E-state index contributed by atoms with van der Waals surface area (Å²) >= 11 is 11.9. The van der Waals surface area contributed by atoms with Crippen molar-refractivity contribution in [3.8, 4) is 0 Å². The van der Waals surface area contributed by atoms with Gasteiger partial charge in [0.05, 0.1) is 0 Å². The molecule has 0 spiro atoms. The molecule has 1 fully saturated rings. The molecule has 3 nitrogen and oxygen atoms in total. The molecule has 0 aliphatic heterocycles. The first-order valence-corrected chi connectivity index (χ1v) is 5.61. The summed E-state index contributed by atoms with van der Waals surface area (Å²) in [4.78, 5) is 8.42. The van der Waals surface area contributed by atoms with Crippen molar-refractivity contribution in [3.05, 3.63) is 21.7 Å². The van der Waals surface area contributed by atoms with Gasteiger partial charge in [0, 0.05) is 12.7 Å². The summed E-state index contributed by atoms with van der Waals surface area (Å²) in [6, 6.07) is 0. The fourth-order valence-electron chi connectivity index (χ4n) is 1.51. The van der Waals surface area contributed by atoms with E-state index < -0.39 is 0 Å². The van der Waals surface area contributed by atoms with Crippen LogP contribution < -0.4 is 0 Å². The second kappa shape index (κ2) is 4.24. The summed E-state index contributed by atoms with van der Waals surface area (Å²) < 4.78 is 5.37. The monoisotopic (exact) mass is 246 g/mol. The molecule has 1 aliphatic carbocycles. The maximum absolute atomic E-state index is 5.95. The van der Waals surface area contributed by atoms with Gasteiger partial charge in [-0.3, -0.25) is 0 Å². The fourth-order valence-corrected chi connectivity index (χ4v) is 1.91. The maximum atomic E-state index is 5.95. The molecule has 1 atom stereocenters. The van der Waals surface area contributed by atoms with Gasteiger partial charge >= 0.3 is 0 Å². The van der Waals surface area contributed by atoms with Crippen LogP contribution in [0.5, 0.6) is 0 Å². The molecule has 0 N–H and O–H groups in total. The first-order valence-electron chi connectivity index (χ1n) is 4.85. The highest BCUT2D eigenvalue weighted by molar-refractivity contribution is 6.34. The van der Waals surface area contributed by atoms with Crippen LogP contribution in [0.3, 0.4) is 0 Å². The molecule has 1 aliphatic rings. The molecule has 0 amide bonds. The lowest BCUT2D eigenvalue weighted by Crippen LogP contribution is -2.09. The lowest BCUT2D eigenvalue weighted by atomic mass is 10.2. The molecule has 15 heavy (non-hydrogen) atoms. The minimum absolute atomic E-state index is 0.0689. The molecule has 0 radical (unpaired) electrons. The van der Waals surface area contributed by atoms with Crippen LogP contribution in [0.1, 0.15) is 30.3 Å². The van der Waals surface area contributed by atoms with Crippen LogP contribution in [0.4, 0.5) is 0 Å². The zero-order chi connectivity index (χ0) is 11.0. The van der Waals surface area contributed by atoms with Crippen molar-refractivity contribution >= 4 is 23.2 Å². The number of hydrogen-bond donors (Lipinski definition) is 0. The molecule has 0 bridgehead atoms. The van der Waals surface area contributed by atoms with E-state index in [4.69, 9.17) is 27.9 Å². The molecule has 1 aromatic heterocycles. The zero-order valence-electron chi connectivity index (χ0n) is 8.63. The Morgan fingerprint density at radius 3 is 2.20 bits per heavy atom. The smallest absolute Gasteiger partial charge is 0.160 e. The SMILES string of the molecule is COC(c1nc(Cl)c(C)c(Cl)n1)C1CC1. The average molecular weight is 247 g/mol. The molecular weight excluding hydrogens is 235 g/mol. The third-order valence-electron chi connectivity index (χ3n) is 2.60. The second-order valence-corrected chi connectivity index (χ2v) is 4.50. The highest BCUT2D eigenvalue weighted by Crippen LogP contribution is 2.42. The number of rotatable bonds is 3. The van der Waals surface area contributed by atoms with Crippen molar-refractivity contribution in [2.75, 3.05) is 7.11 Å². The average Bonchev–Trinajstić information content (AvgIpc) is 2.99. The summed E-state index contributed by atoms with van der Waals surface area (Å²) in [6.45, 7) is 1.80. The van der Waals surface area contributed by atoms with Gasteiger partial charge in [-0.1, -0.05) is 23.2 Å². The topological polar surface area (TPSA) is 35.0 Å². The summed E-state index contributed by atoms with van der Waals surface area (Å²) in [7, 11) is 1.66. The summed E-state index contributed by atoms with van der Waals surface area (Å²) in [6.07, 6.45) is 2.25. The Balaban J connectivity index is 2.34. The number of methoxy groups -OCH3 is 1. The van der Waals surface area contributed by atoms with Crippen LogP contribution in [-0.2, 0) is 4.74 Å². The van der Waals surface area contributed by atoms with Crippen LogP contribution in [-0.4, -0.2) is 17.1 Å². The van der Waals surface area contributed by atoms with Crippen LogP contribution in [0.25, 0.3) is 0 Å². The molecule has 1 heterocycles. The van der Waals surface area contributed by atoms with E-state index in [0.717, 1.165) is 12.8 Å². The first kappa shape index (κ1) is 11.1. The van der Waals surface area contributed by atoms with Gasteiger partial charge in [-0.2, -0.15) is 0 Å². The molecule has 0 aromatic carbocycles. The van der Waals surface area contributed by atoms with Gasteiger partial charge in [-0.25, -0.2) is 9.97 Å². The van der Waals surface area contributed by atoms with E-state index in [1.807, 2.05) is 0 Å². The number of nitrogens with zero attached hydrogens (tertiary/aromatic N) is 2. The zero-order valence-corrected chi connectivity index (χ0v) is 10.1. The number of hydrogen-bond acceptors (Lipinski definition) is 3. The predicted molar refractivity (Wildman–Crippen MR) is 59.3 cm³/mol. The molecule has 1 aromatic rings. The van der Waals surface area contributed by atoms with Gasteiger partial charge in [0.1, 0.15) is 16.4 Å². The Bertz CT molecular complexity index is 357.